The first-order valence-electron chi connectivity index (χ1n) is 6.41. The van der Waals surface area contributed by atoms with Gasteiger partial charge in [-0.05, 0) is 25.7 Å². The lowest BCUT2D eigenvalue weighted by atomic mass is 10.2. The number of thioether (sulfide) groups is 1. The van der Waals surface area contributed by atoms with Crippen LogP contribution in [0.4, 0.5) is 0 Å². The molecule has 0 saturated carbocycles. The van der Waals surface area contributed by atoms with Gasteiger partial charge in [-0.15, -0.1) is 0 Å². The molecule has 0 rings (SSSR count). The van der Waals surface area contributed by atoms with Crippen molar-refractivity contribution in [2.75, 3.05) is 0 Å². The van der Waals surface area contributed by atoms with Crippen LogP contribution in [0.1, 0.15) is 39.5 Å². The summed E-state index contributed by atoms with van der Waals surface area (Å²) in [6.07, 6.45) is 16.9. The standard InChI is InChI=1S/C16H26S/c1-5-7-9-11-13-15(3)17-16(4)14-12-10-8-6-2/h5-10,15-16H,1-2,11-14H2,3-4H3. The second-order valence-corrected chi connectivity index (χ2v) is 6.12. The molecule has 0 heterocycles. The molecule has 0 spiro atoms. The lowest BCUT2D eigenvalue weighted by molar-refractivity contribution is 0.795. The first-order valence-corrected chi connectivity index (χ1v) is 7.35. The number of hydrogen-bond acceptors (Lipinski definition) is 1. The minimum atomic E-state index is 0.739. The van der Waals surface area contributed by atoms with Crippen LogP contribution in [0.2, 0.25) is 0 Å². The molecule has 0 saturated heterocycles. The van der Waals surface area contributed by atoms with Crippen LogP contribution in [0.5, 0.6) is 0 Å². The zero-order valence-corrected chi connectivity index (χ0v) is 12.1. The van der Waals surface area contributed by atoms with Crippen molar-refractivity contribution in [1.82, 2.24) is 0 Å². The van der Waals surface area contributed by atoms with Crippen molar-refractivity contribution in [3.05, 3.63) is 49.6 Å². The van der Waals surface area contributed by atoms with Gasteiger partial charge in [0.05, 0.1) is 0 Å². The summed E-state index contributed by atoms with van der Waals surface area (Å²) < 4.78 is 0. The summed E-state index contributed by atoms with van der Waals surface area (Å²) in [5, 5.41) is 1.48. The number of allylic oxidation sites excluding steroid dienone is 6. The topological polar surface area (TPSA) is 0 Å². The van der Waals surface area contributed by atoms with Gasteiger partial charge in [-0.25, -0.2) is 0 Å². The summed E-state index contributed by atoms with van der Waals surface area (Å²) in [7, 11) is 0. The molecule has 2 atom stereocenters. The summed E-state index contributed by atoms with van der Waals surface area (Å²) in [5.41, 5.74) is 0. The van der Waals surface area contributed by atoms with Gasteiger partial charge < -0.3 is 0 Å². The highest BCUT2D eigenvalue weighted by Gasteiger charge is 2.07. The Kier molecular flexibility index (Phi) is 11.3. The zero-order chi connectivity index (χ0) is 12.9. The molecule has 0 bridgehead atoms. The first kappa shape index (κ1) is 16.3. The Bertz CT molecular complexity index is 224. The van der Waals surface area contributed by atoms with Crippen molar-refractivity contribution in [2.45, 2.75) is 50.0 Å². The molecule has 1 heteroatoms. The molecular formula is C16H26S. The van der Waals surface area contributed by atoms with Crippen molar-refractivity contribution in [1.29, 1.82) is 0 Å². The molecule has 0 aromatic carbocycles. The summed E-state index contributed by atoms with van der Waals surface area (Å²) in [4.78, 5) is 0. The highest BCUT2D eigenvalue weighted by atomic mass is 32.2. The minimum absolute atomic E-state index is 0.739. The van der Waals surface area contributed by atoms with Crippen LogP contribution in [0.3, 0.4) is 0 Å². The van der Waals surface area contributed by atoms with Crippen molar-refractivity contribution < 1.29 is 0 Å². The first-order chi connectivity index (χ1) is 8.20. The molecule has 0 fully saturated rings. The van der Waals surface area contributed by atoms with Gasteiger partial charge in [0.25, 0.3) is 0 Å². The maximum Gasteiger partial charge on any atom is 0.00243 e. The van der Waals surface area contributed by atoms with E-state index in [1.807, 2.05) is 24.3 Å². The molecule has 0 aromatic rings. The van der Waals surface area contributed by atoms with Crippen molar-refractivity contribution in [2.24, 2.45) is 0 Å². The quantitative estimate of drug-likeness (QED) is 0.459. The van der Waals surface area contributed by atoms with Crippen LogP contribution < -0.4 is 0 Å². The average molecular weight is 250 g/mol. The molecule has 0 amide bonds. The van der Waals surface area contributed by atoms with Gasteiger partial charge in [0, 0.05) is 10.5 Å². The molecule has 96 valence electrons. The van der Waals surface area contributed by atoms with E-state index in [-0.39, 0.29) is 0 Å². The van der Waals surface area contributed by atoms with Crippen molar-refractivity contribution >= 4 is 11.8 Å². The fraction of sp³-hybridized carbons (Fsp3) is 0.500. The van der Waals surface area contributed by atoms with Crippen molar-refractivity contribution in [3.8, 4) is 0 Å². The van der Waals surface area contributed by atoms with E-state index in [1.165, 1.54) is 12.8 Å². The summed E-state index contributed by atoms with van der Waals surface area (Å²) in [5.74, 6) is 0. The third-order valence-electron chi connectivity index (χ3n) is 2.49. The van der Waals surface area contributed by atoms with E-state index in [1.54, 1.807) is 0 Å². The number of hydrogen-bond donors (Lipinski definition) is 0. The monoisotopic (exact) mass is 250 g/mol. The van der Waals surface area contributed by atoms with E-state index in [2.05, 4.69) is 50.9 Å². The lowest BCUT2D eigenvalue weighted by Gasteiger charge is -2.15. The van der Waals surface area contributed by atoms with Gasteiger partial charge in [0.1, 0.15) is 0 Å². The van der Waals surface area contributed by atoms with Crippen LogP contribution in [-0.2, 0) is 0 Å². The van der Waals surface area contributed by atoms with Crippen LogP contribution in [0.15, 0.2) is 49.6 Å². The average Bonchev–Trinajstić information content (AvgIpc) is 2.30. The van der Waals surface area contributed by atoms with Gasteiger partial charge >= 0.3 is 0 Å². The largest absolute Gasteiger partial charge is 0.156 e. The van der Waals surface area contributed by atoms with Gasteiger partial charge in [-0.1, -0.05) is 63.5 Å². The Hall–Kier alpha value is -0.690. The predicted octanol–water partition coefficient (Wildman–Crippen LogP) is 5.54. The molecule has 0 nitrogen and oxygen atoms in total. The van der Waals surface area contributed by atoms with Crippen LogP contribution in [-0.4, -0.2) is 10.5 Å². The molecule has 0 aromatic heterocycles. The van der Waals surface area contributed by atoms with E-state index in [9.17, 15) is 0 Å². The van der Waals surface area contributed by atoms with E-state index in [0.717, 1.165) is 23.3 Å². The van der Waals surface area contributed by atoms with Crippen LogP contribution in [0.25, 0.3) is 0 Å². The molecular weight excluding hydrogens is 224 g/mol. The molecule has 0 aliphatic rings. The Morgan fingerprint density at radius 3 is 1.65 bits per heavy atom. The summed E-state index contributed by atoms with van der Waals surface area (Å²) in [6, 6.07) is 0. The second-order valence-electron chi connectivity index (χ2n) is 4.24. The molecule has 2 unspecified atom stereocenters. The van der Waals surface area contributed by atoms with E-state index in [4.69, 9.17) is 0 Å². The second kappa shape index (κ2) is 11.8. The Labute approximate surface area is 112 Å². The fourth-order valence-electron chi connectivity index (χ4n) is 1.58. The van der Waals surface area contributed by atoms with E-state index < -0.39 is 0 Å². The summed E-state index contributed by atoms with van der Waals surface area (Å²) in [6.45, 7) is 12.0. The predicted molar refractivity (Wildman–Crippen MR) is 83.7 cm³/mol. The van der Waals surface area contributed by atoms with Gasteiger partial charge in [0.2, 0.25) is 0 Å². The highest BCUT2D eigenvalue weighted by Crippen LogP contribution is 2.24. The van der Waals surface area contributed by atoms with Gasteiger partial charge in [-0.2, -0.15) is 11.8 Å². The molecule has 0 aliphatic heterocycles. The maximum atomic E-state index is 3.67. The summed E-state index contributed by atoms with van der Waals surface area (Å²) >= 11 is 2.10. The van der Waals surface area contributed by atoms with Crippen LogP contribution >= 0.6 is 11.8 Å². The lowest BCUT2D eigenvalue weighted by Crippen LogP contribution is -2.04. The maximum absolute atomic E-state index is 3.67. The van der Waals surface area contributed by atoms with Crippen molar-refractivity contribution in [3.63, 3.8) is 0 Å². The van der Waals surface area contributed by atoms with Gasteiger partial charge in [-0.3, -0.25) is 0 Å². The number of rotatable bonds is 10. The Morgan fingerprint density at radius 2 is 1.29 bits per heavy atom. The van der Waals surface area contributed by atoms with Crippen LogP contribution in [0, 0.1) is 0 Å². The minimum Gasteiger partial charge on any atom is -0.156 e. The zero-order valence-electron chi connectivity index (χ0n) is 11.3. The Balaban J connectivity index is 3.60. The van der Waals surface area contributed by atoms with E-state index >= 15 is 0 Å². The SMILES string of the molecule is C=CC=CCCC(C)SC(C)CCC=CC=C. The van der Waals surface area contributed by atoms with E-state index in [0.29, 0.717) is 0 Å². The molecule has 0 radical (unpaired) electrons. The fourth-order valence-corrected chi connectivity index (χ4v) is 2.92. The van der Waals surface area contributed by atoms with Gasteiger partial charge in [0.15, 0.2) is 0 Å². The molecule has 17 heavy (non-hydrogen) atoms. The molecule has 0 aliphatic carbocycles. The Morgan fingerprint density at radius 1 is 0.882 bits per heavy atom. The highest BCUT2D eigenvalue weighted by molar-refractivity contribution is 8.00. The molecule has 0 N–H and O–H groups in total. The third-order valence-corrected chi connectivity index (χ3v) is 3.89. The smallest absolute Gasteiger partial charge is 0.00243 e. The third kappa shape index (κ3) is 11.6. The normalized spacial score (nSPS) is 15.2.